The van der Waals surface area contributed by atoms with E-state index in [0.29, 0.717) is 10.8 Å². The van der Waals surface area contributed by atoms with Crippen LogP contribution < -0.4 is 10.6 Å². The number of benzene rings is 1. The molecule has 1 aliphatic rings. The summed E-state index contributed by atoms with van der Waals surface area (Å²) in [5.74, 6) is -1.00. The molecule has 2 N–H and O–H groups in total. The van der Waals surface area contributed by atoms with Gasteiger partial charge in [-0.2, -0.15) is 13.2 Å². The molecule has 1 atom stereocenters. The fraction of sp³-hybridized carbons (Fsp3) is 0.294. The molecule has 4 amide bonds. The molecule has 7 nitrogen and oxygen atoms in total. The third-order valence-corrected chi connectivity index (χ3v) is 5.00. The third-order valence-electron chi connectivity index (χ3n) is 4.20. The number of thiazole rings is 1. The Morgan fingerprint density at radius 1 is 1.36 bits per heavy atom. The Bertz CT molecular complexity index is 959. The third kappa shape index (κ3) is 3.70. The standard InChI is InChI=1S/C17H15F3N4O3S/c1-9(25)21-14-22-12(8-28-14)7-24-13(26)16(2,23-15(24)27)10-4-3-5-11(6-10)17(18,19)20/h3-6,8H,7H2,1-2H3,(H,23,27)(H,21,22,25). The molecule has 28 heavy (non-hydrogen) atoms. The molecule has 1 saturated heterocycles. The summed E-state index contributed by atoms with van der Waals surface area (Å²) in [7, 11) is 0. The number of nitrogens with one attached hydrogen (secondary N) is 2. The van der Waals surface area contributed by atoms with Gasteiger partial charge in [0.2, 0.25) is 5.91 Å². The average Bonchev–Trinajstić information content (AvgIpc) is 3.12. The van der Waals surface area contributed by atoms with E-state index in [1.807, 2.05) is 0 Å². The maximum absolute atomic E-state index is 13.0. The highest BCUT2D eigenvalue weighted by Crippen LogP contribution is 2.35. The zero-order valence-electron chi connectivity index (χ0n) is 14.8. The van der Waals surface area contributed by atoms with Crippen molar-refractivity contribution in [2.24, 2.45) is 0 Å². The SMILES string of the molecule is CC(=O)Nc1nc(CN2C(=O)NC(C)(c3cccc(C(F)(F)F)c3)C2=O)cs1. The predicted molar refractivity (Wildman–Crippen MR) is 94.3 cm³/mol. The van der Waals surface area contributed by atoms with Crippen LogP contribution in [0.15, 0.2) is 29.6 Å². The first-order chi connectivity index (χ1) is 13.0. The van der Waals surface area contributed by atoms with Crippen LogP contribution in [0.5, 0.6) is 0 Å². The Kier molecular flexibility index (Phi) is 4.88. The van der Waals surface area contributed by atoms with Crippen LogP contribution in [0, 0.1) is 0 Å². The molecule has 3 rings (SSSR count). The van der Waals surface area contributed by atoms with Crippen molar-refractivity contribution < 1.29 is 27.6 Å². The zero-order chi connectivity index (χ0) is 20.7. The highest BCUT2D eigenvalue weighted by Gasteiger charge is 2.49. The number of imide groups is 1. The van der Waals surface area contributed by atoms with Crippen LogP contribution in [0.1, 0.15) is 30.7 Å². The van der Waals surface area contributed by atoms with Crippen LogP contribution >= 0.6 is 11.3 Å². The van der Waals surface area contributed by atoms with E-state index in [4.69, 9.17) is 0 Å². The zero-order valence-corrected chi connectivity index (χ0v) is 15.6. The molecule has 1 unspecified atom stereocenters. The quantitative estimate of drug-likeness (QED) is 0.755. The molecule has 148 valence electrons. The maximum atomic E-state index is 13.0. The Hall–Kier alpha value is -2.95. The van der Waals surface area contributed by atoms with E-state index in [0.717, 1.165) is 28.4 Å². The van der Waals surface area contributed by atoms with Gasteiger partial charge in [0.1, 0.15) is 5.54 Å². The molecule has 1 aliphatic heterocycles. The predicted octanol–water partition coefficient (Wildman–Crippen LogP) is 3.09. The summed E-state index contributed by atoms with van der Waals surface area (Å²) in [6, 6.07) is 3.55. The van der Waals surface area contributed by atoms with Crippen LogP contribution in [0.4, 0.5) is 23.1 Å². The summed E-state index contributed by atoms with van der Waals surface area (Å²) in [5.41, 5.74) is -2.15. The summed E-state index contributed by atoms with van der Waals surface area (Å²) < 4.78 is 39.0. The fourth-order valence-corrected chi connectivity index (χ4v) is 3.54. The number of nitrogens with zero attached hydrogens (tertiary/aromatic N) is 2. The number of halogens is 3. The summed E-state index contributed by atoms with van der Waals surface area (Å²) in [6.45, 7) is 2.50. The smallest absolute Gasteiger partial charge is 0.319 e. The van der Waals surface area contributed by atoms with Gasteiger partial charge in [-0.3, -0.25) is 14.5 Å². The molecule has 1 aromatic carbocycles. The molecule has 0 spiro atoms. The van der Waals surface area contributed by atoms with Gasteiger partial charge in [0.05, 0.1) is 17.8 Å². The van der Waals surface area contributed by atoms with Gasteiger partial charge in [0.25, 0.3) is 5.91 Å². The van der Waals surface area contributed by atoms with Gasteiger partial charge in [0.15, 0.2) is 5.13 Å². The molecular weight excluding hydrogens is 397 g/mol. The van der Waals surface area contributed by atoms with Crippen molar-refractivity contribution in [3.8, 4) is 0 Å². The number of carbonyl (C=O) groups excluding carboxylic acids is 3. The minimum absolute atomic E-state index is 0.0281. The van der Waals surface area contributed by atoms with Crippen LogP contribution in [0.3, 0.4) is 0 Å². The molecular formula is C17H15F3N4O3S. The van der Waals surface area contributed by atoms with E-state index in [2.05, 4.69) is 15.6 Å². The first-order valence-electron chi connectivity index (χ1n) is 8.04. The van der Waals surface area contributed by atoms with Crippen molar-refractivity contribution in [1.82, 2.24) is 15.2 Å². The molecule has 0 saturated carbocycles. The van der Waals surface area contributed by atoms with Gasteiger partial charge in [-0.25, -0.2) is 9.78 Å². The van der Waals surface area contributed by atoms with Crippen molar-refractivity contribution in [2.45, 2.75) is 32.1 Å². The molecule has 1 aromatic heterocycles. The van der Waals surface area contributed by atoms with E-state index in [1.54, 1.807) is 5.38 Å². The number of alkyl halides is 3. The second-order valence-corrected chi connectivity index (χ2v) is 7.21. The number of anilines is 1. The maximum Gasteiger partial charge on any atom is 0.416 e. The van der Waals surface area contributed by atoms with Gasteiger partial charge < -0.3 is 10.6 Å². The van der Waals surface area contributed by atoms with Crippen molar-refractivity contribution in [2.75, 3.05) is 5.32 Å². The first kappa shape index (κ1) is 19.8. The van der Waals surface area contributed by atoms with Gasteiger partial charge in [0, 0.05) is 12.3 Å². The van der Waals surface area contributed by atoms with E-state index in [-0.39, 0.29) is 18.0 Å². The van der Waals surface area contributed by atoms with Crippen LogP contribution in [0.2, 0.25) is 0 Å². The lowest BCUT2D eigenvalue weighted by Crippen LogP contribution is -2.41. The van der Waals surface area contributed by atoms with Crippen molar-refractivity contribution in [1.29, 1.82) is 0 Å². The van der Waals surface area contributed by atoms with Gasteiger partial charge >= 0.3 is 12.2 Å². The Balaban J connectivity index is 1.85. The molecule has 11 heteroatoms. The number of hydrogen-bond acceptors (Lipinski definition) is 5. The second kappa shape index (κ2) is 6.89. The monoisotopic (exact) mass is 412 g/mol. The van der Waals surface area contributed by atoms with E-state index >= 15 is 0 Å². The summed E-state index contributed by atoms with van der Waals surface area (Å²) in [4.78, 5) is 41.2. The van der Waals surface area contributed by atoms with Crippen LogP contribution in [-0.2, 0) is 27.8 Å². The molecule has 0 aliphatic carbocycles. The average molecular weight is 412 g/mol. The van der Waals surface area contributed by atoms with E-state index in [1.165, 1.54) is 26.0 Å². The van der Waals surface area contributed by atoms with Crippen molar-refractivity contribution in [3.05, 3.63) is 46.5 Å². The minimum atomic E-state index is -4.57. The molecule has 2 aromatic rings. The largest absolute Gasteiger partial charge is 0.416 e. The Morgan fingerprint density at radius 2 is 2.07 bits per heavy atom. The number of hydrogen-bond donors (Lipinski definition) is 2. The first-order valence-corrected chi connectivity index (χ1v) is 8.92. The van der Waals surface area contributed by atoms with Crippen LogP contribution in [0.25, 0.3) is 0 Å². The van der Waals surface area contributed by atoms with E-state index < -0.39 is 29.2 Å². The minimum Gasteiger partial charge on any atom is -0.319 e. The molecule has 0 bridgehead atoms. The number of carbonyl (C=O) groups is 3. The lowest BCUT2D eigenvalue weighted by atomic mass is 9.90. The number of amides is 4. The second-order valence-electron chi connectivity index (χ2n) is 6.35. The lowest BCUT2D eigenvalue weighted by Gasteiger charge is -2.23. The van der Waals surface area contributed by atoms with Crippen molar-refractivity contribution in [3.63, 3.8) is 0 Å². The molecule has 0 radical (unpaired) electrons. The topological polar surface area (TPSA) is 91.4 Å². The summed E-state index contributed by atoms with van der Waals surface area (Å²) >= 11 is 1.13. The van der Waals surface area contributed by atoms with Crippen molar-refractivity contribution >= 4 is 34.3 Å². The highest BCUT2D eigenvalue weighted by atomic mass is 32.1. The van der Waals surface area contributed by atoms with Gasteiger partial charge in [-0.15, -0.1) is 11.3 Å². The van der Waals surface area contributed by atoms with E-state index in [9.17, 15) is 27.6 Å². The highest BCUT2D eigenvalue weighted by molar-refractivity contribution is 7.13. The lowest BCUT2D eigenvalue weighted by molar-refractivity contribution is -0.138. The molecule has 2 heterocycles. The Morgan fingerprint density at radius 3 is 2.71 bits per heavy atom. The number of rotatable bonds is 4. The van der Waals surface area contributed by atoms with Gasteiger partial charge in [-0.1, -0.05) is 12.1 Å². The number of urea groups is 1. The Labute approximate surface area is 161 Å². The van der Waals surface area contributed by atoms with Crippen LogP contribution in [-0.4, -0.2) is 27.7 Å². The fourth-order valence-electron chi connectivity index (χ4n) is 2.79. The number of aromatic nitrogens is 1. The molecule has 1 fully saturated rings. The summed E-state index contributed by atoms with van der Waals surface area (Å²) in [6.07, 6.45) is -4.57. The van der Waals surface area contributed by atoms with Gasteiger partial charge in [-0.05, 0) is 24.6 Å². The normalized spacial score (nSPS) is 19.7. The summed E-state index contributed by atoms with van der Waals surface area (Å²) in [5, 5.41) is 6.84.